The largest absolute Gasteiger partial charge is 0.491 e. The molecule has 0 aliphatic rings. The summed E-state index contributed by atoms with van der Waals surface area (Å²) >= 11 is 0. The van der Waals surface area contributed by atoms with Crippen LogP contribution >= 0.6 is 0 Å². The molecule has 0 bridgehead atoms. The van der Waals surface area contributed by atoms with Gasteiger partial charge in [0.05, 0.1) is 24.7 Å². The maximum atomic E-state index is 13.9. The average Bonchev–Trinajstić information content (AvgIpc) is 3.06. The number of hydrogen-bond donors (Lipinski definition) is 1. The summed E-state index contributed by atoms with van der Waals surface area (Å²) in [4.78, 5) is 3.85. The van der Waals surface area contributed by atoms with Crippen LogP contribution in [0.4, 0.5) is 4.39 Å². The van der Waals surface area contributed by atoms with Crippen LogP contribution in [0.15, 0.2) is 35.5 Å². The molecule has 1 aromatic carbocycles. The van der Waals surface area contributed by atoms with Gasteiger partial charge in [-0.3, -0.25) is 4.40 Å². The Bertz CT molecular complexity index is 1050. The van der Waals surface area contributed by atoms with E-state index in [2.05, 4.69) is 19.9 Å². The number of sulfonamides is 1. The standard InChI is InChI=1S/C16H18FN5O4S/c1-3-25-13-6-5-11(9-12(13)17)27(23,24)19-10-14-20-21-15-16(26-4-2)18-7-8-22(14)15/h5-9,19H,3-4,10H2,1-2H3. The monoisotopic (exact) mass is 395 g/mol. The molecule has 11 heteroatoms. The fourth-order valence-electron chi connectivity index (χ4n) is 2.37. The van der Waals surface area contributed by atoms with Gasteiger partial charge in [0, 0.05) is 12.4 Å². The second-order valence-corrected chi connectivity index (χ2v) is 7.09. The van der Waals surface area contributed by atoms with Crippen LogP contribution in [0.25, 0.3) is 5.65 Å². The number of nitrogens with zero attached hydrogens (tertiary/aromatic N) is 4. The van der Waals surface area contributed by atoms with Crippen molar-refractivity contribution < 1.29 is 22.3 Å². The smallest absolute Gasteiger partial charge is 0.260 e. The molecule has 27 heavy (non-hydrogen) atoms. The molecular formula is C16H18FN5O4S. The fraction of sp³-hybridized carbons (Fsp3) is 0.312. The summed E-state index contributed by atoms with van der Waals surface area (Å²) < 4.78 is 53.2. The quantitative estimate of drug-likeness (QED) is 0.616. The normalized spacial score (nSPS) is 11.7. The van der Waals surface area contributed by atoms with Crippen LogP contribution in [0.1, 0.15) is 19.7 Å². The van der Waals surface area contributed by atoms with E-state index in [1.807, 2.05) is 6.92 Å². The summed E-state index contributed by atoms with van der Waals surface area (Å²) in [6.07, 6.45) is 3.10. The van der Waals surface area contributed by atoms with Crippen LogP contribution in [-0.2, 0) is 16.6 Å². The Morgan fingerprint density at radius 3 is 2.67 bits per heavy atom. The van der Waals surface area contributed by atoms with E-state index < -0.39 is 15.8 Å². The van der Waals surface area contributed by atoms with Crippen LogP contribution in [-0.4, -0.2) is 41.2 Å². The Kier molecular flexibility index (Phi) is 5.51. The van der Waals surface area contributed by atoms with Gasteiger partial charge >= 0.3 is 0 Å². The molecule has 2 aromatic heterocycles. The van der Waals surface area contributed by atoms with Gasteiger partial charge in [-0.05, 0) is 32.0 Å². The number of hydrogen-bond acceptors (Lipinski definition) is 7. The minimum Gasteiger partial charge on any atom is -0.491 e. The zero-order chi connectivity index (χ0) is 19.4. The highest BCUT2D eigenvalue weighted by Gasteiger charge is 2.19. The maximum absolute atomic E-state index is 13.9. The number of rotatable bonds is 8. The molecule has 0 aliphatic carbocycles. The van der Waals surface area contributed by atoms with Crippen LogP contribution in [0.5, 0.6) is 11.6 Å². The minimum absolute atomic E-state index is 0.00384. The third-order valence-corrected chi connectivity index (χ3v) is 4.98. The molecule has 0 radical (unpaired) electrons. The summed E-state index contributed by atoms with van der Waals surface area (Å²) in [5.74, 6) is -0.116. The zero-order valence-corrected chi connectivity index (χ0v) is 15.5. The van der Waals surface area contributed by atoms with E-state index in [1.165, 1.54) is 18.3 Å². The molecule has 0 atom stereocenters. The van der Waals surface area contributed by atoms with Gasteiger partial charge in [0.15, 0.2) is 17.4 Å². The summed E-state index contributed by atoms with van der Waals surface area (Å²) in [5, 5.41) is 7.93. The van der Waals surface area contributed by atoms with Crippen LogP contribution in [0, 0.1) is 5.82 Å². The first kappa shape index (κ1) is 19.0. The van der Waals surface area contributed by atoms with Crippen molar-refractivity contribution >= 4 is 15.7 Å². The topological polar surface area (TPSA) is 108 Å². The molecule has 9 nitrogen and oxygen atoms in total. The maximum Gasteiger partial charge on any atom is 0.260 e. The Morgan fingerprint density at radius 2 is 1.96 bits per heavy atom. The molecule has 3 aromatic rings. The van der Waals surface area contributed by atoms with Gasteiger partial charge in [0.25, 0.3) is 5.88 Å². The lowest BCUT2D eigenvalue weighted by atomic mass is 10.3. The van der Waals surface area contributed by atoms with Crippen molar-refractivity contribution in [2.45, 2.75) is 25.3 Å². The van der Waals surface area contributed by atoms with Gasteiger partial charge in [-0.1, -0.05) is 0 Å². The zero-order valence-electron chi connectivity index (χ0n) is 14.7. The lowest BCUT2D eigenvalue weighted by molar-refractivity contribution is 0.321. The van der Waals surface area contributed by atoms with Gasteiger partial charge in [0.2, 0.25) is 15.7 Å². The number of halogens is 1. The van der Waals surface area contributed by atoms with Crippen molar-refractivity contribution in [3.63, 3.8) is 0 Å². The number of ether oxygens (including phenoxy) is 2. The predicted molar refractivity (Wildman–Crippen MR) is 93.5 cm³/mol. The van der Waals surface area contributed by atoms with E-state index in [0.29, 0.717) is 24.0 Å². The summed E-state index contributed by atoms with van der Waals surface area (Å²) in [7, 11) is -3.95. The SMILES string of the molecule is CCOc1ccc(S(=O)(=O)NCc2nnc3c(OCC)nccn23)cc1F. The molecule has 3 rings (SSSR count). The van der Waals surface area contributed by atoms with Gasteiger partial charge in [0.1, 0.15) is 0 Å². The second-order valence-electron chi connectivity index (χ2n) is 5.33. The van der Waals surface area contributed by atoms with E-state index in [-0.39, 0.29) is 23.8 Å². The highest BCUT2D eigenvalue weighted by Crippen LogP contribution is 2.21. The number of aromatic nitrogens is 4. The fourth-order valence-corrected chi connectivity index (χ4v) is 3.37. The molecule has 144 valence electrons. The van der Waals surface area contributed by atoms with Crippen molar-refractivity contribution in [3.8, 4) is 11.6 Å². The molecule has 2 heterocycles. The van der Waals surface area contributed by atoms with Gasteiger partial charge in [-0.15, -0.1) is 10.2 Å². The Labute approximate surface area is 155 Å². The van der Waals surface area contributed by atoms with Gasteiger partial charge in [-0.2, -0.15) is 0 Å². The minimum atomic E-state index is -3.95. The third kappa shape index (κ3) is 3.98. The molecule has 0 amide bonds. The molecule has 0 saturated heterocycles. The van der Waals surface area contributed by atoms with Gasteiger partial charge < -0.3 is 9.47 Å². The molecule has 0 aliphatic heterocycles. The first-order chi connectivity index (χ1) is 13.0. The summed E-state index contributed by atoms with van der Waals surface area (Å²) in [6.45, 7) is 4.06. The van der Waals surface area contributed by atoms with Crippen molar-refractivity contribution in [2.75, 3.05) is 13.2 Å². The van der Waals surface area contributed by atoms with Crippen molar-refractivity contribution in [3.05, 3.63) is 42.2 Å². The number of nitrogens with one attached hydrogen (secondary N) is 1. The van der Waals surface area contributed by atoms with E-state index >= 15 is 0 Å². The Balaban J connectivity index is 1.81. The highest BCUT2D eigenvalue weighted by molar-refractivity contribution is 7.89. The van der Waals surface area contributed by atoms with E-state index in [9.17, 15) is 12.8 Å². The molecule has 0 unspecified atom stereocenters. The number of fused-ring (bicyclic) bond motifs is 1. The second kappa shape index (κ2) is 7.84. The van der Waals surface area contributed by atoms with Crippen LogP contribution < -0.4 is 14.2 Å². The molecule has 0 spiro atoms. The lowest BCUT2D eigenvalue weighted by Crippen LogP contribution is -2.24. The first-order valence-corrected chi connectivity index (χ1v) is 9.68. The average molecular weight is 395 g/mol. The third-order valence-electron chi connectivity index (χ3n) is 3.58. The van der Waals surface area contributed by atoms with Crippen molar-refractivity contribution in [2.24, 2.45) is 0 Å². The van der Waals surface area contributed by atoms with Gasteiger partial charge in [-0.25, -0.2) is 22.5 Å². The molecule has 0 fully saturated rings. The van der Waals surface area contributed by atoms with E-state index in [4.69, 9.17) is 9.47 Å². The molecule has 0 saturated carbocycles. The summed E-state index contributed by atoms with van der Waals surface area (Å²) in [5.41, 5.74) is 0.376. The molecular weight excluding hydrogens is 377 g/mol. The van der Waals surface area contributed by atoms with E-state index in [0.717, 1.165) is 6.07 Å². The van der Waals surface area contributed by atoms with Crippen molar-refractivity contribution in [1.29, 1.82) is 0 Å². The number of benzene rings is 1. The first-order valence-electron chi connectivity index (χ1n) is 8.19. The highest BCUT2D eigenvalue weighted by atomic mass is 32.2. The van der Waals surface area contributed by atoms with Crippen LogP contribution in [0.2, 0.25) is 0 Å². The Hall–Kier alpha value is -2.79. The van der Waals surface area contributed by atoms with E-state index in [1.54, 1.807) is 17.5 Å². The predicted octanol–water partition coefficient (Wildman–Crippen LogP) is 1.54. The lowest BCUT2D eigenvalue weighted by Gasteiger charge is -2.09. The summed E-state index contributed by atoms with van der Waals surface area (Å²) in [6, 6.07) is 3.46. The van der Waals surface area contributed by atoms with Crippen LogP contribution in [0.3, 0.4) is 0 Å². The Morgan fingerprint density at radius 1 is 1.19 bits per heavy atom. The molecule has 1 N–H and O–H groups in total. The van der Waals surface area contributed by atoms with Crippen molar-refractivity contribution in [1.82, 2.24) is 24.3 Å².